The molecular formula is C14H21ClN2O. The smallest absolute Gasteiger partial charge is 0.0647 e. The molecule has 100 valence electrons. The Kier molecular flexibility index (Phi) is 4.49. The minimum absolute atomic E-state index is 0.103. The molecule has 0 aliphatic carbocycles. The molecule has 1 aromatic carbocycles. The van der Waals surface area contributed by atoms with Crippen molar-refractivity contribution in [3.8, 4) is 0 Å². The summed E-state index contributed by atoms with van der Waals surface area (Å²) in [5.41, 5.74) is 3.43. The number of aryl methyl sites for hydroxylation is 2. The number of nitrogens with one attached hydrogen (secondary N) is 1. The van der Waals surface area contributed by atoms with Gasteiger partial charge in [0.15, 0.2) is 0 Å². The number of aliphatic hydroxyl groups excluding tert-OH is 1. The third kappa shape index (κ3) is 2.79. The highest BCUT2D eigenvalue weighted by molar-refractivity contribution is 6.33. The molecule has 0 spiro atoms. The van der Waals surface area contributed by atoms with Gasteiger partial charge in [-0.3, -0.25) is 0 Å². The highest BCUT2D eigenvalue weighted by Gasteiger charge is 2.23. The number of anilines is 1. The van der Waals surface area contributed by atoms with Crippen LogP contribution in [0.2, 0.25) is 5.02 Å². The summed E-state index contributed by atoms with van der Waals surface area (Å²) in [6, 6.07) is 4.25. The Morgan fingerprint density at radius 3 is 2.89 bits per heavy atom. The van der Waals surface area contributed by atoms with Crippen LogP contribution < -0.4 is 10.2 Å². The molecule has 1 aliphatic rings. The maximum atomic E-state index is 9.56. The number of aliphatic hydroxyl groups is 1. The standard InChI is InChI=1S/C14H21ClN2O/c1-10-6-11(2)14(13(15)7-10)17-5-3-4-16-8-12(17)9-18/h6-7,12,16,18H,3-5,8-9H2,1-2H3. The van der Waals surface area contributed by atoms with Crippen LogP contribution in [0.3, 0.4) is 0 Å². The van der Waals surface area contributed by atoms with E-state index in [0.717, 1.165) is 36.8 Å². The number of halogens is 1. The molecule has 4 heteroatoms. The van der Waals surface area contributed by atoms with Crippen LogP contribution in [-0.4, -0.2) is 37.4 Å². The van der Waals surface area contributed by atoms with Gasteiger partial charge in [-0.25, -0.2) is 0 Å². The van der Waals surface area contributed by atoms with E-state index in [1.54, 1.807) is 0 Å². The van der Waals surface area contributed by atoms with Crippen molar-refractivity contribution in [3.05, 3.63) is 28.3 Å². The number of benzene rings is 1. The second kappa shape index (κ2) is 5.91. The molecule has 18 heavy (non-hydrogen) atoms. The molecule has 0 amide bonds. The van der Waals surface area contributed by atoms with Crippen molar-refractivity contribution >= 4 is 17.3 Å². The third-order valence-electron chi connectivity index (χ3n) is 3.47. The molecule has 1 aromatic rings. The van der Waals surface area contributed by atoms with Crippen molar-refractivity contribution < 1.29 is 5.11 Å². The van der Waals surface area contributed by atoms with Gasteiger partial charge in [-0.15, -0.1) is 0 Å². The van der Waals surface area contributed by atoms with Gasteiger partial charge in [-0.2, -0.15) is 0 Å². The Balaban J connectivity index is 2.38. The molecule has 0 radical (unpaired) electrons. The van der Waals surface area contributed by atoms with E-state index in [-0.39, 0.29) is 12.6 Å². The van der Waals surface area contributed by atoms with Crippen LogP contribution in [-0.2, 0) is 0 Å². The maximum absolute atomic E-state index is 9.56. The summed E-state index contributed by atoms with van der Waals surface area (Å²) in [5.74, 6) is 0. The maximum Gasteiger partial charge on any atom is 0.0647 e. The minimum atomic E-state index is 0.103. The first kappa shape index (κ1) is 13.7. The Hall–Kier alpha value is -0.770. The lowest BCUT2D eigenvalue weighted by molar-refractivity contribution is 0.260. The van der Waals surface area contributed by atoms with E-state index in [1.165, 1.54) is 11.1 Å². The topological polar surface area (TPSA) is 35.5 Å². The number of hydrogen-bond donors (Lipinski definition) is 2. The Morgan fingerprint density at radius 2 is 2.22 bits per heavy atom. The van der Waals surface area contributed by atoms with Gasteiger partial charge >= 0.3 is 0 Å². The summed E-state index contributed by atoms with van der Waals surface area (Å²) in [7, 11) is 0. The predicted molar refractivity (Wildman–Crippen MR) is 76.6 cm³/mol. The fraction of sp³-hybridized carbons (Fsp3) is 0.571. The minimum Gasteiger partial charge on any atom is -0.394 e. The van der Waals surface area contributed by atoms with Crippen molar-refractivity contribution in [2.24, 2.45) is 0 Å². The largest absolute Gasteiger partial charge is 0.394 e. The van der Waals surface area contributed by atoms with Gasteiger partial charge < -0.3 is 15.3 Å². The van der Waals surface area contributed by atoms with Gasteiger partial charge in [0.2, 0.25) is 0 Å². The second-order valence-electron chi connectivity index (χ2n) is 5.00. The Bertz CT molecular complexity index is 399. The molecule has 1 unspecified atom stereocenters. The summed E-state index contributed by atoms with van der Waals surface area (Å²) in [4.78, 5) is 2.25. The Labute approximate surface area is 114 Å². The molecule has 1 fully saturated rings. The van der Waals surface area contributed by atoms with Gasteiger partial charge in [0.05, 0.1) is 23.4 Å². The second-order valence-corrected chi connectivity index (χ2v) is 5.41. The van der Waals surface area contributed by atoms with Crippen LogP contribution in [0.25, 0.3) is 0 Å². The molecule has 0 bridgehead atoms. The number of rotatable bonds is 2. The summed E-state index contributed by atoms with van der Waals surface area (Å²) < 4.78 is 0. The molecule has 3 nitrogen and oxygen atoms in total. The van der Waals surface area contributed by atoms with Crippen molar-refractivity contribution in [1.82, 2.24) is 5.32 Å². The lowest BCUT2D eigenvalue weighted by Gasteiger charge is -2.32. The monoisotopic (exact) mass is 268 g/mol. The van der Waals surface area contributed by atoms with Crippen molar-refractivity contribution in [1.29, 1.82) is 0 Å². The summed E-state index contributed by atoms with van der Waals surface area (Å²) in [6.45, 7) is 7.02. The van der Waals surface area contributed by atoms with E-state index < -0.39 is 0 Å². The first-order chi connectivity index (χ1) is 8.63. The van der Waals surface area contributed by atoms with E-state index in [0.29, 0.717) is 0 Å². The van der Waals surface area contributed by atoms with E-state index in [4.69, 9.17) is 11.6 Å². The first-order valence-corrected chi connectivity index (χ1v) is 6.86. The normalized spacial score (nSPS) is 20.9. The summed E-state index contributed by atoms with van der Waals surface area (Å²) >= 11 is 6.40. The molecule has 1 aliphatic heterocycles. The molecule has 1 saturated heterocycles. The summed E-state index contributed by atoms with van der Waals surface area (Å²) in [6.07, 6.45) is 1.07. The summed E-state index contributed by atoms with van der Waals surface area (Å²) in [5, 5.41) is 13.7. The van der Waals surface area contributed by atoms with E-state index >= 15 is 0 Å². The van der Waals surface area contributed by atoms with E-state index in [1.807, 2.05) is 6.07 Å². The zero-order chi connectivity index (χ0) is 13.1. The molecule has 1 heterocycles. The molecule has 0 saturated carbocycles. The van der Waals surface area contributed by atoms with Gasteiger partial charge in [0.1, 0.15) is 0 Å². The van der Waals surface area contributed by atoms with Crippen LogP contribution >= 0.6 is 11.6 Å². The van der Waals surface area contributed by atoms with Gasteiger partial charge in [0, 0.05) is 13.1 Å². The van der Waals surface area contributed by atoms with E-state index in [2.05, 4.69) is 30.1 Å². The van der Waals surface area contributed by atoms with Crippen LogP contribution in [0.4, 0.5) is 5.69 Å². The highest BCUT2D eigenvalue weighted by Crippen LogP contribution is 2.32. The Morgan fingerprint density at radius 1 is 1.44 bits per heavy atom. The lowest BCUT2D eigenvalue weighted by atomic mass is 10.1. The first-order valence-electron chi connectivity index (χ1n) is 6.48. The average molecular weight is 269 g/mol. The van der Waals surface area contributed by atoms with Crippen molar-refractivity contribution in [3.63, 3.8) is 0 Å². The number of hydrogen-bond acceptors (Lipinski definition) is 3. The fourth-order valence-electron chi connectivity index (χ4n) is 2.67. The SMILES string of the molecule is Cc1cc(C)c(N2CCCNCC2CO)c(Cl)c1. The quantitative estimate of drug-likeness (QED) is 0.863. The van der Waals surface area contributed by atoms with Gasteiger partial charge in [0.25, 0.3) is 0 Å². The van der Waals surface area contributed by atoms with E-state index in [9.17, 15) is 5.11 Å². The highest BCUT2D eigenvalue weighted by atomic mass is 35.5. The van der Waals surface area contributed by atoms with Gasteiger partial charge in [-0.05, 0) is 44.0 Å². The number of nitrogens with zero attached hydrogens (tertiary/aromatic N) is 1. The van der Waals surface area contributed by atoms with Crippen LogP contribution in [0.15, 0.2) is 12.1 Å². The molecule has 2 rings (SSSR count). The van der Waals surface area contributed by atoms with Crippen LogP contribution in [0.1, 0.15) is 17.5 Å². The fourth-order valence-corrected chi connectivity index (χ4v) is 3.09. The average Bonchev–Trinajstić information content (AvgIpc) is 2.53. The zero-order valence-electron chi connectivity index (χ0n) is 11.0. The van der Waals surface area contributed by atoms with Gasteiger partial charge in [-0.1, -0.05) is 17.7 Å². The molecule has 0 aromatic heterocycles. The van der Waals surface area contributed by atoms with Crippen molar-refractivity contribution in [2.75, 3.05) is 31.1 Å². The third-order valence-corrected chi connectivity index (χ3v) is 3.76. The molecular weight excluding hydrogens is 248 g/mol. The molecule has 1 atom stereocenters. The molecule has 2 N–H and O–H groups in total. The zero-order valence-corrected chi connectivity index (χ0v) is 11.8. The predicted octanol–water partition coefficient (Wildman–Crippen LogP) is 2.12. The van der Waals surface area contributed by atoms with Crippen LogP contribution in [0.5, 0.6) is 0 Å². The lowest BCUT2D eigenvalue weighted by Crippen LogP contribution is -2.43. The van der Waals surface area contributed by atoms with Crippen molar-refractivity contribution in [2.45, 2.75) is 26.3 Å². The van der Waals surface area contributed by atoms with Crippen LogP contribution in [0, 0.1) is 13.8 Å².